The highest BCUT2D eigenvalue weighted by atomic mass is 32.2. The maximum atomic E-state index is 14.2. The average molecular weight is 317 g/mol. The lowest BCUT2D eigenvalue weighted by Gasteiger charge is -2.18. The normalized spacial score (nSPS) is 19.7. The van der Waals surface area contributed by atoms with Crippen LogP contribution in [0, 0.1) is 21.8 Å². The summed E-state index contributed by atoms with van der Waals surface area (Å²) in [7, 11) is -2.62. The molecule has 0 bridgehead atoms. The van der Waals surface area contributed by atoms with Crippen LogP contribution in [0.4, 0.5) is 15.8 Å². The Balaban J connectivity index is 2.55. The van der Waals surface area contributed by atoms with E-state index >= 15 is 0 Å². The summed E-state index contributed by atoms with van der Waals surface area (Å²) in [5.74, 6) is -0.910. The number of nitro groups is 1. The van der Waals surface area contributed by atoms with Crippen LogP contribution in [0.25, 0.3) is 0 Å². The van der Waals surface area contributed by atoms with E-state index in [2.05, 4.69) is 5.32 Å². The summed E-state index contributed by atoms with van der Waals surface area (Å²) >= 11 is 0. The highest BCUT2D eigenvalue weighted by Crippen LogP contribution is 2.33. The van der Waals surface area contributed by atoms with Crippen molar-refractivity contribution in [3.63, 3.8) is 0 Å². The maximum Gasteiger partial charge on any atom is 0.274 e. The number of halogens is 1. The average Bonchev–Trinajstić information content (AvgIpc) is 2.84. The minimum Gasteiger partial charge on any atom is -0.387 e. The quantitative estimate of drug-likeness (QED) is 0.675. The van der Waals surface area contributed by atoms with E-state index in [0.29, 0.717) is 25.6 Å². The summed E-state index contributed by atoms with van der Waals surface area (Å²) in [5.41, 5.74) is -0.605. The molecule has 0 aromatic heterocycles. The lowest BCUT2D eigenvalue weighted by Crippen LogP contribution is -2.30. The van der Waals surface area contributed by atoms with Gasteiger partial charge in [0.1, 0.15) is 4.90 Å². The predicted octanol–water partition coefficient (Wildman–Crippen LogP) is 1.81. The van der Waals surface area contributed by atoms with Gasteiger partial charge >= 0.3 is 0 Å². The Labute approximate surface area is 122 Å². The Kier molecular flexibility index (Phi) is 4.15. The van der Waals surface area contributed by atoms with Crippen LogP contribution in [0.3, 0.4) is 0 Å². The Morgan fingerprint density at radius 3 is 2.62 bits per heavy atom. The number of sulfonamides is 1. The Morgan fingerprint density at radius 1 is 1.48 bits per heavy atom. The number of hydrogen-bond donors (Lipinski definition) is 1. The van der Waals surface area contributed by atoms with Gasteiger partial charge in [-0.1, -0.05) is 6.92 Å². The first-order valence-corrected chi connectivity index (χ1v) is 7.87. The first-order chi connectivity index (χ1) is 9.77. The molecule has 7 nitrogen and oxygen atoms in total. The Bertz CT molecular complexity index is 677. The summed E-state index contributed by atoms with van der Waals surface area (Å²) in [6.07, 6.45) is 0.711. The van der Waals surface area contributed by atoms with Crippen molar-refractivity contribution >= 4 is 21.4 Å². The lowest BCUT2D eigenvalue weighted by molar-refractivity contribution is -0.385. The molecule has 0 saturated carbocycles. The van der Waals surface area contributed by atoms with Gasteiger partial charge in [-0.25, -0.2) is 12.8 Å². The number of anilines is 1. The molecule has 0 radical (unpaired) electrons. The smallest absolute Gasteiger partial charge is 0.274 e. The molecule has 21 heavy (non-hydrogen) atoms. The molecular formula is C12H16FN3O4S. The number of nitro benzene ring substituents is 1. The van der Waals surface area contributed by atoms with E-state index in [9.17, 15) is 22.9 Å². The zero-order valence-corrected chi connectivity index (χ0v) is 12.5. The predicted molar refractivity (Wildman–Crippen MR) is 75.1 cm³/mol. The van der Waals surface area contributed by atoms with Crippen molar-refractivity contribution in [1.82, 2.24) is 4.31 Å². The van der Waals surface area contributed by atoms with E-state index in [1.54, 1.807) is 0 Å². The van der Waals surface area contributed by atoms with Crippen molar-refractivity contribution in [3.05, 3.63) is 28.1 Å². The molecule has 1 aliphatic heterocycles. The van der Waals surface area contributed by atoms with E-state index in [0.717, 1.165) is 6.07 Å². The van der Waals surface area contributed by atoms with Gasteiger partial charge in [0.05, 0.1) is 16.7 Å². The number of rotatable bonds is 4. The van der Waals surface area contributed by atoms with Gasteiger partial charge in [-0.15, -0.1) is 0 Å². The third-order valence-corrected chi connectivity index (χ3v) is 5.44. The fourth-order valence-corrected chi connectivity index (χ4v) is 4.17. The number of nitrogens with one attached hydrogen (secondary N) is 1. The van der Waals surface area contributed by atoms with Crippen LogP contribution >= 0.6 is 0 Å². The van der Waals surface area contributed by atoms with Crippen LogP contribution in [-0.2, 0) is 10.0 Å². The molecule has 0 spiro atoms. The van der Waals surface area contributed by atoms with E-state index in [1.165, 1.54) is 11.4 Å². The molecule has 9 heteroatoms. The molecule has 1 unspecified atom stereocenters. The maximum absolute atomic E-state index is 14.2. The van der Waals surface area contributed by atoms with Gasteiger partial charge in [-0.3, -0.25) is 10.1 Å². The van der Waals surface area contributed by atoms with Crippen LogP contribution in [0.5, 0.6) is 0 Å². The third kappa shape index (κ3) is 2.84. The van der Waals surface area contributed by atoms with Crippen molar-refractivity contribution in [2.24, 2.45) is 5.92 Å². The number of non-ortho nitro benzene ring substituents is 1. The summed E-state index contributed by atoms with van der Waals surface area (Å²) < 4.78 is 40.4. The van der Waals surface area contributed by atoms with E-state index < -0.39 is 31.3 Å². The Morgan fingerprint density at radius 2 is 2.14 bits per heavy atom. The first kappa shape index (κ1) is 15.6. The van der Waals surface area contributed by atoms with Crippen molar-refractivity contribution in [2.75, 3.05) is 25.5 Å². The summed E-state index contributed by atoms with van der Waals surface area (Å²) in [4.78, 5) is 9.43. The van der Waals surface area contributed by atoms with Crippen LogP contribution in [0.15, 0.2) is 17.0 Å². The molecule has 1 saturated heterocycles. The molecule has 1 aromatic rings. The molecular weight excluding hydrogens is 301 g/mol. The SMILES string of the molecule is CNc1cc([N+](=O)[O-])cc(F)c1S(=O)(=O)N1CCC(C)C1. The largest absolute Gasteiger partial charge is 0.387 e. The minimum atomic E-state index is -4.01. The first-order valence-electron chi connectivity index (χ1n) is 6.43. The molecule has 1 fully saturated rings. The fraction of sp³-hybridized carbons (Fsp3) is 0.500. The standard InChI is InChI=1S/C12H16FN3O4S/c1-8-3-4-15(7-8)21(19,20)12-10(13)5-9(16(17)18)6-11(12)14-2/h5-6,8,14H,3-4,7H2,1-2H3. The van der Waals surface area contributed by atoms with Gasteiger partial charge in [-0.2, -0.15) is 4.31 Å². The number of hydrogen-bond acceptors (Lipinski definition) is 5. The topological polar surface area (TPSA) is 92.5 Å². The van der Waals surface area contributed by atoms with Crippen molar-refractivity contribution < 1.29 is 17.7 Å². The van der Waals surface area contributed by atoms with Crippen LogP contribution in [0.1, 0.15) is 13.3 Å². The molecule has 1 aliphatic rings. The molecule has 1 N–H and O–H groups in total. The second-order valence-corrected chi connectivity index (χ2v) is 6.94. The molecule has 1 aromatic carbocycles. The monoisotopic (exact) mass is 317 g/mol. The molecule has 2 rings (SSSR count). The Hall–Kier alpha value is -1.74. The van der Waals surface area contributed by atoms with Gasteiger partial charge in [0.2, 0.25) is 10.0 Å². The van der Waals surface area contributed by atoms with Crippen LogP contribution in [-0.4, -0.2) is 37.8 Å². The van der Waals surface area contributed by atoms with E-state index in [4.69, 9.17) is 0 Å². The van der Waals surface area contributed by atoms with Crippen molar-refractivity contribution in [3.8, 4) is 0 Å². The minimum absolute atomic E-state index is 0.110. The summed E-state index contributed by atoms with van der Waals surface area (Å²) in [5, 5.41) is 13.3. The number of benzene rings is 1. The van der Waals surface area contributed by atoms with Gasteiger partial charge in [0, 0.05) is 26.2 Å². The van der Waals surface area contributed by atoms with Crippen molar-refractivity contribution in [1.29, 1.82) is 0 Å². The molecule has 0 amide bonds. The van der Waals surface area contributed by atoms with Crippen LogP contribution in [0.2, 0.25) is 0 Å². The van der Waals surface area contributed by atoms with Crippen LogP contribution < -0.4 is 5.32 Å². The molecule has 1 atom stereocenters. The summed E-state index contributed by atoms with van der Waals surface area (Å²) in [6.45, 7) is 2.56. The zero-order valence-electron chi connectivity index (χ0n) is 11.7. The molecule has 0 aliphatic carbocycles. The third-order valence-electron chi connectivity index (χ3n) is 3.49. The highest BCUT2D eigenvalue weighted by molar-refractivity contribution is 7.89. The molecule has 116 valence electrons. The number of nitrogens with zero attached hydrogens (tertiary/aromatic N) is 2. The zero-order chi connectivity index (χ0) is 15.8. The van der Waals surface area contributed by atoms with E-state index in [-0.39, 0.29) is 11.6 Å². The van der Waals surface area contributed by atoms with E-state index in [1.807, 2.05) is 6.92 Å². The fourth-order valence-electron chi connectivity index (χ4n) is 2.37. The van der Waals surface area contributed by atoms with Gasteiger partial charge in [0.15, 0.2) is 5.82 Å². The lowest BCUT2D eigenvalue weighted by atomic mass is 10.2. The molecule has 1 heterocycles. The highest BCUT2D eigenvalue weighted by Gasteiger charge is 2.35. The van der Waals surface area contributed by atoms with Crippen molar-refractivity contribution in [2.45, 2.75) is 18.2 Å². The van der Waals surface area contributed by atoms with Gasteiger partial charge in [-0.05, 0) is 12.3 Å². The second-order valence-electron chi connectivity index (χ2n) is 5.07. The second kappa shape index (κ2) is 5.57. The van der Waals surface area contributed by atoms with Gasteiger partial charge < -0.3 is 5.32 Å². The summed E-state index contributed by atoms with van der Waals surface area (Å²) in [6, 6.07) is 1.66. The van der Waals surface area contributed by atoms with Gasteiger partial charge in [0.25, 0.3) is 5.69 Å².